The molecular formula is C21H31ClN6O. The van der Waals surface area contributed by atoms with Crippen LogP contribution in [0, 0.1) is 5.92 Å². The summed E-state index contributed by atoms with van der Waals surface area (Å²) in [6, 6.07) is 12.3. The molecule has 0 spiro atoms. The summed E-state index contributed by atoms with van der Waals surface area (Å²) in [6.07, 6.45) is 1.03. The van der Waals surface area contributed by atoms with Gasteiger partial charge in [0.2, 0.25) is 5.91 Å². The third-order valence-corrected chi connectivity index (χ3v) is 5.64. The molecule has 2 aliphatic heterocycles. The first-order chi connectivity index (χ1) is 13.4. The zero-order valence-electron chi connectivity index (χ0n) is 17.2. The second kappa shape index (κ2) is 8.83. The summed E-state index contributed by atoms with van der Waals surface area (Å²) in [4.78, 5) is 13.1. The number of nitrogens with zero attached hydrogens (tertiary/aromatic N) is 2. The van der Waals surface area contributed by atoms with Crippen molar-refractivity contribution in [2.75, 3.05) is 18.4 Å². The molecule has 0 radical (unpaired) electrons. The molecule has 3 heterocycles. The molecule has 3 unspecified atom stereocenters. The van der Waals surface area contributed by atoms with Crippen molar-refractivity contribution in [3.05, 3.63) is 47.7 Å². The molecule has 2 fully saturated rings. The van der Waals surface area contributed by atoms with E-state index in [0.29, 0.717) is 12.6 Å². The minimum atomic E-state index is -0.254. The number of hydrogen-bond donors (Lipinski definition) is 4. The van der Waals surface area contributed by atoms with E-state index in [9.17, 15) is 4.79 Å². The van der Waals surface area contributed by atoms with Crippen LogP contribution in [-0.2, 0) is 16.8 Å². The Morgan fingerprint density at radius 3 is 2.72 bits per heavy atom. The monoisotopic (exact) mass is 418 g/mol. The first-order valence-corrected chi connectivity index (χ1v) is 10.1. The number of piperidine rings is 1. The smallest absolute Gasteiger partial charge is 0.244 e. The van der Waals surface area contributed by atoms with Crippen molar-refractivity contribution >= 4 is 24.1 Å². The Bertz CT molecular complexity index is 831. The van der Waals surface area contributed by atoms with Gasteiger partial charge < -0.3 is 10.6 Å². The Kier molecular flexibility index (Phi) is 6.63. The van der Waals surface area contributed by atoms with E-state index in [1.807, 2.05) is 28.9 Å². The number of nitrogens with one attached hydrogen (secondary N) is 4. The number of amides is 1. The van der Waals surface area contributed by atoms with Gasteiger partial charge >= 0.3 is 0 Å². The van der Waals surface area contributed by atoms with E-state index in [4.69, 9.17) is 5.10 Å². The van der Waals surface area contributed by atoms with Gasteiger partial charge in [-0.05, 0) is 18.5 Å². The summed E-state index contributed by atoms with van der Waals surface area (Å²) in [7, 11) is 0. The molecule has 0 aliphatic carbocycles. The van der Waals surface area contributed by atoms with Gasteiger partial charge in [-0.3, -0.25) is 10.2 Å². The highest BCUT2D eigenvalue weighted by molar-refractivity contribution is 5.94. The SMILES string of the molecule is CC(C)(C)c1cc(NC(=O)C2NNC3CCNCC32)n(Cc2ccccc2)n1.Cl. The lowest BCUT2D eigenvalue weighted by Gasteiger charge is -2.27. The molecule has 7 nitrogen and oxygen atoms in total. The van der Waals surface area contributed by atoms with E-state index < -0.39 is 0 Å². The highest BCUT2D eigenvalue weighted by atomic mass is 35.5. The van der Waals surface area contributed by atoms with E-state index in [0.717, 1.165) is 36.6 Å². The number of aromatic nitrogens is 2. The number of fused-ring (bicyclic) bond motifs is 1. The van der Waals surface area contributed by atoms with E-state index in [1.54, 1.807) is 0 Å². The number of anilines is 1. The van der Waals surface area contributed by atoms with E-state index in [-0.39, 0.29) is 35.7 Å². The molecule has 4 N–H and O–H groups in total. The van der Waals surface area contributed by atoms with Crippen molar-refractivity contribution in [1.29, 1.82) is 0 Å². The lowest BCUT2D eigenvalue weighted by atomic mass is 9.89. The molecule has 158 valence electrons. The first kappa shape index (κ1) is 21.8. The third kappa shape index (κ3) is 4.80. The number of halogens is 1. The van der Waals surface area contributed by atoms with Gasteiger partial charge in [-0.15, -0.1) is 12.4 Å². The predicted molar refractivity (Wildman–Crippen MR) is 117 cm³/mol. The normalized spacial score (nSPS) is 23.9. The van der Waals surface area contributed by atoms with Crippen LogP contribution in [0.25, 0.3) is 0 Å². The minimum absolute atomic E-state index is 0. The average Bonchev–Trinajstić information content (AvgIpc) is 3.27. The average molecular weight is 419 g/mol. The first-order valence-electron chi connectivity index (χ1n) is 10.1. The quantitative estimate of drug-likeness (QED) is 0.610. The zero-order valence-corrected chi connectivity index (χ0v) is 18.1. The van der Waals surface area contributed by atoms with Crippen molar-refractivity contribution in [1.82, 2.24) is 25.9 Å². The predicted octanol–water partition coefficient (Wildman–Crippen LogP) is 2.04. The maximum absolute atomic E-state index is 13.1. The molecule has 2 aromatic rings. The van der Waals surface area contributed by atoms with Crippen LogP contribution in [0.4, 0.5) is 5.82 Å². The number of carbonyl (C=O) groups is 1. The van der Waals surface area contributed by atoms with Crippen molar-refractivity contribution in [2.45, 2.75) is 51.2 Å². The second-order valence-electron chi connectivity index (χ2n) is 8.83. The highest BCUT2D eigenvalue weighted by Gasteiger charge is 2.41. The molecule has 29 heavy (non-hydrogen) atoms. The summed E-state index contributed by atoms with van der Waals surface area (Å²) in [5, 5.41) is 11.3. The maximum atomic E-state index is 13.1. The zero-order chi connectivity index (χ0) is 19.7. The molecule has 1 aromatic carbocycles. The Morgan fingerprint density at radius 1 is 1.24 bits per heavy atom. The summed E-state index contributed by atoms with van der Waals surface area (Å²) >= 11 is 0. The standard InChI is InChI=1S/C21H30N6O.ClH/c1-21(2,3)17-11-18(27(26-17)13-14-7-5-4-6-8-14)23-20(28)19-15-12-22-10-9-16(15)24-25-19;/h4-8,11,15-16,19,22,24-25H,9-10,12-13H2,1-3H3,(H,23,28);1H. The molecule has 8 heteroatoms. The Morgan fingerprint density at radius 2 is 2.00 bits per heavy atom. The summed E-state index contributed by atoms with van der Waals surface area (Å²) in [5.41, 5.74) is 8.51. The molecular weight excluding hydrogens is 388 g/mol. The van der Waals surface area contributed by atoms with Crippen molar-refractivity contribution in [3.63, 3.8) is 0 Å². The van der Waals surface area contributed by atoms with Crippen LogP contribution in [0.3, 0.4) is 0 Å². The van der Waals surface area contributed by atoms with Crippen molar-refractivity contribution < 1.29 is 4.79 Å². The van der Waals surface area contributed by atoms with Crippen LogP contribution < -0.4 is 21.5 Å². The van der Waals surface area contributed by atoms with E-state index in [2.05, 4.69) is 54.4 Å². The topological polar surface area (TPSA) is 83.0 Å². The molecule has 1 amide bonds. The van der Waals surface area contributed by atoms with Gasteiger partial charge in [-0.25, -0.2) is 10.1 Å². The molecule has 1 aromatic heterocycles. The Hall–Kier alpha value is -1.93. The van der Waals surface area contributed by atoms with Gasteiger partial charge in [0.1, 0.15) is 11.9 Å². The lowest BCUT2D eigenvalue weighted by molar-refractivity contribution is -0.118. The molecule has 4 rings (SSSR count). The molecule has 3 atom stereocenters. The molecule has 2 saturated heterocycles. The maximum Gasteiger partial charge on any atom is 0.244 e. The van der Waals surface area contributed by atoms with E-state index >= 15 is 0 Å². The van der Waals surface area contributed by atoms with Crippen LogP contribution in [0.5, 0.6) is 0 Å². The Balaban J connectivity index is 0.00000240. The highest BCUT2D eigenvalue weighted by Crippen LogP contribution is 2.26. The molecule has 0 saturated carbocycles. The number of rotatable bonds is 4. The van der Waals surface area contributed by atoms with Gasteiger partial charge in [-0.1, -0.05) is 51.1 Å². The van der Waals surface area contributed by atoms with Crippen LogP contribution >= 0.6 is 12.4 Å². The van der Waals surface area contributed by atoms with Crippen LogP contribution in [-0.4, -0.2) is 40.9 Å². The molecule has 2 aliphatic rings. The van der Waals surface area contributed by atoms with Crippen molar-refractivity contribution in [2.24, 2.45) is 5.92 Å². The number of carbonyl (C=O) groups excluding carboxylic acids is 1. The Labute approximate surface area is 178 Å². The van der Waals surface area contributed by atoms with Gasteiger partial charge in [0.25, 0.3) is 0 Å². The van der Waals surface area contributed by atoms with Crippen LogP contribution in [0.15, 0.2) is 36.4 Å². The third-order valence-electron chi connectivity index (χ3n) is 5.64. The van der Waals surface area contributed by atoms with Gasteiger partial charge in [0.05, 0.1) is 12.2 Å². The summed E-state index contributed by atoms with van der Waals surface area (Å²) < 4.78 is 1.90. The fraction of sp³-hybridized carbons (Fsp3) is 0.524. The van der Waals surface area contributed by atoms with Gasteiger partial charge in [0.15, 0.2) is 0 Å². The number of benzene rings is 1. The number of hydrazine groups is 1. The summed E-state index contributed by atoms with van der Waals surface area (Å²) in [6.45, 7) is 8.86. The van der Waals surface area contributed by atoms with Crippen LogP contribution in [0.1, 0.15) is 38.4 Å². The lowest BCUT2D eigenvalue weighted by Crippen LogP contribution is -2.47. The fourth-order valence-corrected chi connectivity index (χ4v) is 3.94. The second-order valence-corrected chi connectivity index (χ2v) is 8.83. The molecule has 0 bridgehead atoms. The fourth-order valence-electron chi connectivity index (χ4n) is 3.94. The van der Waals surface area contributed by atoms with Gasteiger partial charge in [0, 0.05) is 30.0 Å². The number of hydrogen-bond acceptors (Lipinski definition) is 5. The van der Waals surface area contributed by atoms with Gasteiger partial charge in [-0.2, -0.15) is 5.10 Å². The minimum Gasteiger partial charge on any atom is -0.316 e. The summed E-state index contributed by atoms with van der Waals surface area (Å²) in [5.74, 6) is 0.979. The largest absolute Gasteiger partial charge is 0.316 e. The van der Waals surface area contributed by atoms with E-state index in [1.165, 1.54) is 0 Å². The van der Waals surface area contributed by atoms with Crippen LogP contribution in [0.2, 0.25) is 0 Å². The van der Waals surface area contributed by atoms with Crippen molar-refractivity contribution in [3.8, 4) is 0 Å².